The number of fused-ring (bicyclic) bond motifs is 2. The van der Waals surface area contributed by atoms with Crippen molar-refractivity contribution in [3.8, 4) is 17.1 Å². The monoisotopic (exact) mass is 401 g/mol. The van der Waals surface area contributed by atoms with Crippen LogP contribution in [0.5, 0.6) is 5.88 Å². The highest BCUT2D eigenvalue weighted by Crippen LogP contribution is 2.33. The maximum Gasteiger partial charge on any atom is 0.298 e. The van der Waals surface area contributed by atoms with Gasteiger partial charge in [-0.15, -0.1) is 10.2 Å². The first-order valence-corrected chi connectivity index (χ1v) is 8.31. The van der Waals surface area contributed by atoms with Crippen LogP contribution in [0.1, 0.15) is 0 Å². The molecule has 8 nitrogen and oxygen atoms in total. The fourth-order valence-electron chi connectivity index (χ4n) is 2.18. The minimum absolute atomic E-state index is 0.0286. The number of hydrogen-bond donors (Lipinski definition) is 3. The highest BCUT2D eigenvalue weighted by molar-refractivity contribution is 6.42. The van der Waals surface area contributed by atoms with Gasteiger partial charge in [-0.1, -0.05) is 23.2 Å². The van der Waals surface area contributed by atoms with Gasteiger partial charge in [0.05, 0.1) is 48.9 Å². The van der Waals surface area contributed by atoms with Crippen molar-refractivity contribution in [1.29, 1.82) is 0 Å². The molecule has 3 N–H and O–H groups in total. The van der Waals surface area contributed by atoms with Crippen LogP contribution in [0.15, 0.2) is 23.0 Å². The summed E-state index contributed by atoms with van der Waals surface area (Å²) in [5.74, 6) is -0.551. The molecule has 0 bridgehead atoms. The maximum absolute atomic E-state index is 11.6. The molecule has 140 valence electrons. The number of benzene rings is 1. The fraction of sp³-hybridized carbons (Fsp3) is 0.312. The summed E-state index contributed by atoms with van der Waals surface area (Å²) in [6.45, 7) is 1.11. The van der Waals surface area contributed by atoms with E-state index >= 15 is 0 Å². The maximum atomic E-state index is 11.6. The lowest BCUT2D eigenvalue weighted by molar-refractivity contribution is -0.870. The predicted octanol–water partition coefficient (Wildman–Crippen LogP) is 1.83. The van der Waals surface area contributed by atoms with E-state index in [1.807, 2.05) is 0 Å². The Kier molecular flexibility index (Phi) is 5.92. The van der Waals surface area contributed by atoms with E-state index in [2.05, 4.69) is 31.3 Å². The lowest BCUT2D eigenvalue weighted by Crippen LogP contribution is -2.36. The van der Waals surface area contributed by atoms with Crippen LogP contribution in [-0.2, 0) is 0 Å². The van der Waals surface area contributed by atoms with E-state index in [0.717, 1.165) is 11.0 Å². The third-order valence-corrected chi connectivity index (χ3v) is 4.24. The normalized spacial score (nSPS) is 11.5. The van der Waals surface area contributed by atoms with Gasteiger partial charge in [-0.3, -0.25) is 4.79 Å². The molecule has 2 heterocycles. The molecule has 0 saturated carbocycles. The van der Waals surface area contributed by atoms with Gasteiger partial charge in [0, 0.05) is 5.39 Å². The van der Waals surface area contributed by atoms with Crippen LogP contribution in [0.3, 0.4) is 0 Å². The minimum atomic E-state index is -0.663. The van der Waals surface area contributed by atoms with Crippen molar-refractivity contribution < 1.29 is 19.9 Å². The Bertz CT molecular complexity index is 969. The van der Waals surface area contributed by atoms with Gasteiger partial charge < -0.3 is 19.9 Å². The molecule has 10 heteroatoms. The molecule has 2 aliphatic heterocycles. The van der Waals surface area contributed by atoms with Crippen LogP contribution in [0.4, 0.5) is 0 Å². The number of quaternary nitrogens is 1. The van der Waals surface area contributed by atoms with Crippen LogP contribution < -0.4 is 5.56 Å². The first-order chi connectivity index (χ1) is 12.0. The van der Waals surface area contributed by atoms with Gasteiger partial charge in [-0.25, -0.2) is 0 Å². The first kappa shape index (κ1) is 20.2. The molecular formula is C16H19Cl2N4O4+. The topological polar surface area (TPSA) is 108 Å². The molecule has 0 spiro atoms. The molecule has 2 aliphatic rings. The molecule has 0 amide bonds. The zero-order chi connectivity index (χ0) is 19.6. The standard InChI is InChI=1S/C11H5Cl2N3O3.C5H14NO/c12-6-2-4-1-5-9(11(18)15-14-10(5)17)16(19)8(4)3-7(6)13;1-6(2,3)4-5-7/h1-3,18-19H;7H,4-5H2,1-3H3/q;+1. The predicted molar refractivity (Wildman–Crippen MR) is 99.3 cm³/mol. The third-order valence-electron chi connectivity index (χ3n) is 3.51. The van der Waals surface area contributed by atoms with Crippen LogP contribution in [-0.4, -0.2) is 69.1 Å². The Hall–Kier alpha value is -2.13. The van der Waals surface area contributed by atoms with Crippen molar-refractivity contribution in [1.82, 2.24) is 14.9 Å². The molecule has 0 aliphatic carbocycles. The molecule has 0 atom stereocenters. The lowest BCUT2D eigenvalue weighted by Gasteiger charge is -2.21. The van der Waals surface area contributed by atoms with Crippen LogP contribution >= 0.6 is 23.2 Å². The number of halogens is 2. The third kappa shape index (κ3) is 4.34. The van der Waals surface area contributed by atoms with Gasteiger partial charge in [0.15, 0.2) is 5.69 Å². The molecule has 0 saturated heterocycles. The summed E-state index contributed by atoms with van der Waals surface area (Å²) in [5.41, 5.74) is -0.486. The smallest absolute Gasteiger partial charge is 0.298 e. The Balaban J connectivity index is 0.000000298. The molecule has 0 radical (unpaired) electrons. The van der Waals surface area contributed by atoms with Crippen molar-refractivity contribution in [2.24, 2.45) is 0 Å². The molecule has 0 unspecified atom stereocenters. The number of aliphatic hydroxyl groups is 1. The van der Waals surface area contributed by atoms with E-state index in [1.54, 1.807) is 0 Å². The number of likely N-dealkylation sites (N-methyl/N-ethyl adjacent to an activating group) is 1. The Labute approximate surface area is 159 Å². The van der Waals surface area contributed by atoms with Gasteiger partial charge in [0.2, 0.25) is 0 Å². The summed E-state index contributed by atoms with van der Waals surface area (Å²) < 4.78 is 1.48. The number of aliphatic hydroxyl groups excluding tert-OH is 1. The second-order valence-corrected chi connectivity index (χ2v) is 7.42. The van der Waals surface area contributed by atoms with E-state index in [9.17, 15) is 15.1 Å². The number of pyridine rings is 1. The minimum Gasteiger partial charge on any atom is -0.491 e. The number of rotatable bonds is 2. The Morgan fingerprint density at radius 3 is 2.27 bits per heavy atom. The van der Waals surface area contributed by atoms with Gasteiger partial charge >= 0.3 is 0 Å². The van der Waals surface area contributed by atoms with Crippen LogP contribution in [0, 0.1) is 0 Å². The second-order valence-electron chi connectivity index (χ2n) is 6.61. The fourth-order valence-corrected chi connectivity index (χ4v) is 2.51. The average molecular weight is 402 g/mol. The van der Waals surface area contributed by atoms with Gasteiger partial charge in [0.1, 0.15) is 6.54 Å². The summed E-state index contributed by atoms with van der Waals surface area (Å²) in [6.07, 6.45) is 0. The highest BCUT2D eigenvalue weighted by atomic mass is 35.5. The summed E-state index contributed by atoms with van der Waals surface area (Å²) >= 11 is 11.8. The van der Waals surface area contributed by atoms with Crippen molar-refractivity contribution in [2.75, 3.05) is 34.3 Å². The van der Waals surface area contributed by atoms with E-state index in [0.29, 0.717) is 10.1 Å². The van der Waals surface area contributed by atoms with Crippen molar-refractivity contribution in [3.05, 3.63) is 38.6 Å². The largest absolute Gasteiger partial charge is 0.491 e. The summed E-state index contributed by atoms with van der Waals surface area (Å²) in [5, 5.41) is 35.6. The molecular weight excluding hydrogens is 383 g/mol. The lowest BCUT2D eigenvalue weighted by atomic mass is 10.1. The van der Waals surface area contributed by atoms with Crippen LogP contribution in [0.2, 0.25) is 10.0 Å². The van der Waals surface area contributed by atoms with E-state index < -0.39 is 11.4 Å². The van der Waals surface area contributed by atoms with E-state index in [4.69, 9.17) is 28.3 Å². The molecule has 3 rings (SSSR count). The number of nitrogens with zero attached hydrogens (tertiary/aromatic N) is 4. The van der Waals surface area contributed by atoms with Crippen molar-refractivity contribution in [3.63, 3.8) is 0 Å². The van der Waals surface area contributed by atoms with Crippen LogP contribution in [0.25, 0.3) is 22.2 Å². The van der Waals surface area contributed by atoms with Gasteiger partial charge in [-0.05, 0) is 18.2 Å². The second kappa shape index (κ2) is 7.63. The first-order valence-electron chi connectivity index (χ1n) is 7.56. The molecule has 0 fully saturated rings. The van der Waals surface area contributed by atoms with E-state index in [1.165, 1.54) is 18.2 Å². The molecule has 1 aromatic carbocycles. The van der Waals surface area contributed by atoms with Crippen molar-refractivity contribution in [2.45, 2.75) is 0 Å². The number of aromatic nitrogens is 3. The Morgan fingerprint density at radius 1 is 1.12 bits per heavy atom. The van der Waals surface area contributed by atoms with Gasteiger partial charge in [-0.2, -0.15) is 4.73 Å². The number of aromatic hydroxyl groups is 1. The molecule has 0 aromatic heterocycles. The highest BCUT2D eigenvalue weighted by Gasteiger charge is 2.20. The molecule has 26 heavy (non-hydrogen) atoms. The quantitative estimate of drug-likeness (QED) is 0.343. The Morgan fingerprint density at radius 2 is 1.73 bits per heavy atom. The summed E-state index contributed by atoms with van der Waals surface area (Å²) in [7, 11) is 6.16. The van der Waals surface area contributed by atoms with Gasteiger partial charge in [0.25, 0.3) is 11.4 Å². The zero-order valence-electron chi connectivity index (χ0n) is 14.4. The molecule has 1 aromatic rings. The van der Waals surface area contributed by atoms with Crippen molar-refractivity contribution >= 4 is 34.1 Å². The van der Waals surface area contributed by atoms with E-state index in [-0.39, 0.29) is 33.4 Å². The zero-order valence-corrected chi connectivity index (χ0v) is 16.0. The average Bonchev–Trinajstić information content (AvgIpc) is 2.52. The summed E-state index contributed by atoms with van der Waals surface area (Å²) in [6, 6.07) is 4.38. The summed E-state index contributed by atoms with van der Waals surface area (Å²) in [4.78, 5) is 11.6. The SMILES string of the molecule is C[N+](C)(C)CCO.O=c1nnc(O)c2n(O)c3cc(Cl)c(Cl)cc3cc1-2. The number of hydrogen-bond acceptors (Lipinski definition) is 6.